The zero-order valence-corrected chi connectivity index (χ0v) is 17.8. The van der Waals surface area contributed by atoms with E-state index < -0.39 is 12.0 Å². The molecule has 7 nitrogen and oxygen atoms in total. The summed E-state index contributed by atoms with van der Waals surface area (Å²) in [6.07, 6.45) is 3.05. The average Bonchev–Trinajstić information content (AvgIpc) is 2.83. The number of ether oxygens (including phenoxy) is 2. The Labute approximate surface area is 183 Å². The van der Waals surface area contributed by atoms with Gasteiger partial charge in [-0.05, 0) is 61.1 Å². The van der Waals surface area contributed by atoms with E-state index in [0.29, 0.717) is 30.0 Å². The molecular formula is C24H29N3O4. The molecule has 0 aliphatic carbocycles. The molecule has 2 aromatic carbocycles. The first-order valence-corrected chi connectivity index (χ1v) is 10.6. The van der Waals surface area contributed by atoms with Crippen LogP contribution in [0, 0.1) is 11.3 Å². The number of benzene rings is 2. The first kappa shape index (κ1) is 22.4. The quantitative estimate of drug-likeness (QED) is 0.644. The van der Waals surface area contributed by atoms with Gasteiger partial charge in [0.1, 0.15) is 6.07 Å². The molecule has 2 N–H and O–H groups in total. The van der Waals surface area contributed by atoms with E-state index in [0.717, 1.165) is 24.3 Å². The van der Waals surface area contributed by atoms with Crippen molar-refractivity contribution in [2.24, 2.45) is 0 Å². The van der Waals surface area contributed by atoms with Gasteiger partial charge in [0.05, 0.1) is 7.11 Å². The normalized spacial score (nSPS) is 14.4. The van der Waals surface area contributed by atoms with Gasteiger partial charge in [0.2, 0.25) is 0 Å². The molecular weight excluding hydrogens is 394 g/mol. The Balaban J connectivity index is 1.50. The van der Waals surface area contributed by atoms with Gasteiger partial charge in [-0.1, -0.05) is 18.2 Å². The number of rotatable bonds is 9. The van der Waals surface area contributed by atoms with E-state index in [4.69, 9.17) is 14.7 Å². The Kier molecular flexibility index (Phi) is 8.13. The van der Waals surface area contributed by atoms with Crippen molar-refractivity contribution in [1.82, 2.24) is 5.32 Å². The fourth-order valence-corrected chi connectivity index (χ4v) is 3.69. The molecule has 7 heteroatoms. The molecule has 0 radical (unpaired) electrons. The maximum absolute atomic E-state index is 12.4. The van der Waals surface area contributed by atoms with Crippen LogP contribution in [0.15, 0.2) is 42.5 Å². The topological polar surface area (TPSA) is 94.8 Å². The summed E-state index contributed by atoms with van der Waals surface area (Å²) < 4.78 is 10.6. The van der Waals surface area contributed by atoms with E-state index >= 15 is 0 Å². The van der Waals surface area contributed by atoms with Crippen molar-refractivity contribution in [2.75, 3.05) is 38.3 Å². The number of hydrogen-bond acceptors (Lipinski definition) is 6. The fraction of sp³-hybridized carbons (Fsp3) is 0.417. The molecule has 164 valence electrons. The Morgan fingerprint density at radius 1 is 1.16 bits per heavy atom. The summed E-state index contributed by atoms with van der Waals surface area (Å²) in [6, 6.07) is 14.9. The summed E-state index contributed by atoms with van der Waals surface area (Å²) >= 11 is 0. The third-order valence-electron chi connectivity index (χ3n) is 5.41. The zero-order valence-electron chi connectivity index (χ0n) is 17.8. The second-order valence-corrected chi connectivity index (χ2v) is 7.51. The number of carbonyl (C=O) groups excluding carboxylic acids is 1. The van der Waals surface area contributed by atoms with Gasteiger partial charge >= 0.3 is 0 Å². The lowest BCUT2D eigenvalue weighted by molar-refractivity contribution is -0.129. The summed E-state index contributed by atoms with van der Waals surface area (Å²) in [6.45, 7) is 2.43. The number of carbonyl (C=O) groups is 1. The number of nitrogens with one attached hydrogen (secondary N) is 1. The maximum atomic E-state index is 12.4. The van der Waals surface area contributed by atoms with Crippen molar-refractivity contribution in [3.8, 4) is 17.6 Å². The third-order valence-corrected chi connectivity index (χ3v) is 5.41. The Hall–Kier alpha value is -3.24. The first-order valence-electron chi connectivity index (χ1n) is 10.6. The first-order chi connectivity index (χ1) is 15.1. The van der Waals surface area contributed by atoms with E-state index in [1.54, 1.807) is 6.07 Å². The highest BCUT2D eigenvalue weighted by molar-refractivity contribution is 5.82. The van der Waals surface area contributed by atoms with Crippen LogP contribution < -0.4 is 19.7 Å². The molecule has 1 atom stereocenters. The summed E-state index contributed by atoms with van der Waals surface area (Å²) in [5.74, 6) is 0.611. The minimum atomic E-state index is -1.20. The average molecular weight is 424 g/mol. The Bertz CT molecular complexity index is 902. The van der Waals surface area contributed by atoms with E-state index in [9.17, 15) is 9.90 Å². The monoisotopic (exact) mass is 423 g/mol. The number of aliphatic hydroxyl groups excluding tert-OH is 1. The van der Waals surface area contributed by atoms with E-state index in [2.05, 4.69) is 10.2 Å². The van der Waals surface area contributed by atoms with Crippen LogP contribution in [0.4, 0.5) is 5.69 Å². The Morgan fingerprint density at radius 2 is 1.90 bits per heavy atom. The molecule has 3 rings (SSSR count). The summed E-state index contributed by atoms with van der Waals surface area (Å²) in [5.41, 5.74) is 2.66. The van der Waals surface area contributed by atoms with Crippen LogP contribution in [-0.2, 0) is 11.2 Å². The second-order valence-electron chi connectivity index (χ2n) is 7.51. The van der Waals surface area contributed by atoms with Crippen LogP contribution >= 0.6 is 0 Å². The fourth-order valence-electron chi connectivity index (χ4n) is 3.69. The number of nitrogens with zero attached hydrogens (tertiary/aromatic N) is 2. The standard InChI is InChI=1S/C24H29N3O4/c1-30-22-17-18(5-10-21(22)31-16-12-25)11-13-26-24(29)23(28)19-6-8-20(9-7-19)27-14-3-2-4-15-27/h5-10,17,23,28H,2-4,11,13-16H2,1H3,(H,26,29). The van der Waals surface area contributed by atoms with Gasteiger partial charge < -0.3 is 24.8 Å². The van der Waals surface area contributed by atoms with Crippen molar-refractivity contribution in [3.05, 3.63) is 53.6 Å². The van der Waals surface area contributed by atoms with Crippen LogP contribution in [-0.4, -0.2) is 44.4 Å². The summed E-state index contributed by atoms with van der Waals surface area (Å²) in [4.78, 5) is 14.7. The van der Waals surface area contributed by atoms with Gasteiger partial charge in [0.15, 0.2) is 24.2 Å². The van der Waals surface area contributed by atoms with Crippen molar-refractivity contribution in [2.45, 2.75) is 31.8 Å². The lowest BCUT2D eigenvalue weighted by atomic mass is 10.1. The molecule has 1 saturated heterocycles. The maximum Gasteiger partial charge on any atom is 0.253 e. The minimum Gasteiger partial charge on any atom is -0.493 e. The van der Waals surface area contributed by atoms with Crippen LogP contribution in [0.2, 0.25) is 0 Å². The molecule has 0 spiro atoms. The zero-order chi connectivity index (χ0) is 22.1. The highest BCUT2D eigenvalue weighted by atomic mass is 16.5. The number of anilines is 1. The Morgan fingerprint density at radius 3 is 2.58 bits per heavy atom. The number of methoxy groups -OCH3 is 1. The number of hydrogen-bond donors (Lipinski definition) is 2. The summed E-state index contributed by atoms with van der Waals surface area (Å²) in [7, 11) is 1.53. The molecule has 1 fully saturated rings. The van der Waals surface area contributed by atoms with Crippen molar-refractivity contribution in [1.29, 1.82) is 5.26 Å². The second kappa shape index (κ2) is 11.2. The molecule has 1 aliphatic rings. The van der Waals surface area contributed by atoms with Crippen molar-refractivity contribution < 1.29 is 19.4 Å². The predicted molar refractivity (Wildman–Crippen MR) is 118 cm³/mol. The van der Waals surface area contributed by atoms with E-state index in [1.807, 2.05) is 42.5 Å². The number of aliphatic hydroxyl groups is 1. The van der Waals surface area contributed by atoms with E-state index in [-0.39, 0.29) is 6.61 Å². The van der Waals surface area contributed by atoms with Crippen molar-refractivity contribution >= 4 is 11.6 Å². The van der Waals surface area contributed by atoms with Gasteiger partial charge in [-0.2, -0.15) is 5.26 Å². The lowest BCUT2D eigenvalue weighted by Crippen LogP contribution is -2.31. The highest BCUT2D eigenvalue weighted by Crippen LogP contribution is 2.28. The van der Waals surface area contributed by atoms with Gasteiger partial charge in [-0.25, -0.2) is 0 Å². The molecule has 0 aromatic heterocycles. The van der Waals surface area contributed by atoms with E-state index in [1.165, 1.54) is 26.4 Å². The van der Waals surface area contributed by atoms with Gasteiger partial charge in [-0.3, -0.25) is 4.79 Å². The van der Waals surface area contributed by atoms with Gasteiger partial charge in [0.25, 0.3) is 5.91 Å². The molecule has 2 aromatic rings. The molecule has 31 heavy (non-hydrogen) atoms. The van der Waals surface area contributed by atoms with Gasteiger partial charge in [-0.15, -0.1) is 0 Å². The highest BCUT2D eigenvalue weighted by Gasteiger charge is 2.18. The van der Waals surface area contributed by atoms with Crippen LogP contribution in [0.3, 0.4) is 0 Å². The van der Waals surface area contributed by atoms with Crippen LogP contribution in [0.1, 0.15) is 36.5 Å². The van der Waals surface area contributed by atoms with Crippen LogP contribution in [0.25, 0.3) is 0 Å². The molecule has 1 heterocycles. The predicted octanol–water partition coefficient (Wildman–Crippen LogP) is 2.98. The van der Waals surface area contributed by atoms with Gasteiger partial charge in [0, 0.05) is 25.3 Å². The SMILES string of the molecule is COc1cc(CCNC(=O)C(O)c2ccc(N3CCCCC3)cc2)ccc1OCC#N. The molecule has 1 aliphatic heterocycles. The number of nitriles is 1. The molecule has 1 amide bonds. The summed E-state index contributed by atoms with van der Waals surface area (Å²) in [5, 5.41) is 21.8. The molecule has 0 bridgehead atoms. The largest absolute Gasteiger partial charge is 0.493 e. The minimum absolute atomic E-state index is 0.0529. The smallest absolute Gasteiger partial charge is 0.253 e. The number of amides is 1. The lowest BCUT2D eigenvalue weighted by Gasteiger charge is -2.29. The molecule has 1 unspecified atom stereocenters. The van der Waals surface area contributed by atoms with Crippen LogP contribution in [0.5, 0.6) is 11.5 Å². The number of piperidine rings is 1. The third kappa shape index (κ3) is 6.12. The molecule has 0 saturated carbocycles. The van der Waals surface area contributed by atoms with Crippen molar-refractivity contribution in [3.63, 3.8) is 0 Å².